The Morgan fingerprint density at radius 3 is 2.37 bits per heavy atom. The lowest BCUT2D eigenvalue weighted by Crippen LogP contribution is -2.26. The Hall–Kier alpha value is -1.55. The molecule has 3 N–H and O–H groups in total. The van der Waals surface area contributed by atoms with Crippen LogP contribution in [0.1, 0.15) is 26.7 Å². The molecule has 1 aromatic rings. The molecule has 0 bridgehead atoms. The largest absolute Gasteiger partial charge is 0.396 e. The van der Waals surface area contributed by atoms with Gasteiger partial charge < -0.3 is 15.7 Å². The van der Waals surface area contributed by atoms with Crippen molar-refractivity contribution in [2.24, 2.45) is 11.3 Å². The van der Waals surface area contributed by atoms with Gasteiger partial charge in [0.25, 0.3) is 0 Å². The summed E-state index contributed by atoms with van der Waals surface area (Å²) in [5.74, 6) is 0.352. The molecule has 1 fully saturated rings. The van der Waals surface area contributed by atoms with Crippen LogP contribution in [0.25, 0.3) is 0 Å². The second kappa shape index (κ2) is 5.61. The number of anilines is 2. The Bertz CT molecular complexity index is 436. The van der Waals surface area contributed by atoms with Crippen molar-refractivity contribution < 1.29 is 9.90 Å². The Morgan fingerprint density at radius 1 is 1.26 bits per heavy atom. The summed E-state index contributed by atoms with van der Waals surface area (Å²) in [7, 11) is 0. The maximum absolute atomic E-state index is 11.6. The highest BCUT2D eigenvalue weighted by molar-refractivity contribution is 5.94. The summed E-state index contributed by atoms with van der Waals surface area (Å²) < 4.78 is 0. The van der Waals surface area contributed by atoms with Gasteiger partial charge >= 0.3 is 0 Å². The van der Waals surface area contributed by atoms with E-state index >= 15 is 0 Å². The zero-order valence-corrected chi connectivity index (χ0v) is 11.6. The van der Waals surface area contributed by atoms with E-state index in [4.69, 9.17) is 0 Å². The van der Waals surface area contributed by atoms with Gasteiger partial charge in [0, 0.05) is 35.9 Å². The Labute approximate surface area is 114 Å². The third-order valence-corrected chi connectivity index (χ3v) is 3.30. The standard InChI is InChI=1S/C15H22N2O2/c1-15(2,10-18)9-16-12-5-7-13(8-6-12)17-14(19)11-3-4-11/h5-8,11,16,18H,3-4,9-10H2,1-2H3,(H,17,19). The molecule has 0 radical (unpaired) electrons. The molecule has 2 rings (SSSR count). The van der Waals surface area contributed by atoms with Crippen molar-refractivity contribution >= 4 is 17.3 Å². The number of carbonyl (C=O) groups is 1. The van der Waals surface area contributed by atoms with Crippen LogP contribution in [0.5, 0.6) is 0 Å². The Kier molecular flexibility index (Phi) is 4.10. The van der Waals surface area contributed by atoms with E-state index in [1.807, 2.05) is 38.1 Å². The van der Waals surface area contributed by atoms with Crippen LogP contribution >= 0.6 is 0 Å². The quantitative estimate of drug-likeness (QED) is 0.738. The molecule has 19 heavy (non-hydrogen) atoms. The van der Waals surface area contributed by atoms with Crippen molar-refractivity contribution in [2.45, 2.75) is 26.7 Å². The number of carbonyl (C=O) groups excluding carboxylic acids is 1. The van der Waals surface area contributed by atoms with Crippen LogP contribution in [0.15, 0.2) is 24.3 Å². The van der Waals surface area contributed by atoms with Gasteiger partial charge in [-0.15, -0.1) is 0 Å². The van der Waals surface area contributed by atoms with Gasteiger partial charge in [-0.05, 0) is 37.1 Å². The summed E-state index contributed by atoms with van der Waals surface area (Å²) in [4.78, 5) is 11.6. The molecule has 1 amide bonds. The number of aliphatic hydroxyl groups excluding tert-OH is 1. The fourth-order valence-corrected chi connectivity index (χ4v) is 1.66. The first-order valence-corrected chi connectivity index (χ1v) is 6.76. The van der Waals surface area contributed by atoms with Crippen LogP contribution < -0.4 is 10.6 Å². The SMILES string of the molecule is CC(C)(CO)CNc1ccc(NC(=O)C2CC2)cc1. The van der Waals surface area contributed by atoms with Gasteiger partial charge in [0.2, 0.25) is 5.91 Å². The van der Waals surface area contributed by atoms with Gasteiger partial charge in [-0.1, -0.05) is 13.8 Å². The highest BCUT2D eigenvalue weighted by Crippen LogP contribution is 2.30. The average Bonchev–Trinajstić information content (AvgIpc) is 3.22. The van der Waals surface area contributed by atoms with Crippen LogP contribution in [0.2, 0.25) is 0 Å². The maximum Gasteiger partial charge on any atom is 0.227 e. The normalized spacial score (nSPS) is 15.1. The number of aliphatic hydroxyl groups is 1. The molecule has 0 unspecified atom stereocenters. The van der Waals surface area contributed by atoms with Crippen molar-refractivity contribution in [2.75, 3.05) is 23.8 Å². The molecule has 0 aromatic heterocycles. The minimum absolute atomic E-state index is 0.127. The molecule has 1 aliphatic rings. The van der Waals surface area contributed by atoms with E-state index in [1.54, 1.807) is 0 Å². The van der Waals surface area contributed by atoms with E-state index in [-0.39, 0.29) is 23.8 Å². The van der Waals surface area contributed by atoms with E-state index in [1.165, 1.54) is 0 Å². The van der Waals surface area contributed by atoms with Crippen LogP contribution in [-0.4, -0.2) is 24.2 Å². The minimum Gasteiger partial charge on any atom is -0.396 e. The summed E-state index contributed by atoms with van der Waals surface area (Å²) in [6.45, 7) is 4.86. The first kappa shape index (κ1) is 13.9. The molecule has 0 saturated heterocycles. The topological polar surface area (TPSA) is 61.4 Å². The molecule has 0 aliphatic heterocycles. The number of benzene rings is 1. The molecule has 0 spiro atoms. The predicted molar refractivity (Wildman–Crippen MR) is 77.2 cm³/mol. The average molecular weight is 262 g/mol. The second-order valence-electron chi connectivity index (χ2n) is 6.02. The first-order chi connectivity index (χ1) is 9.00. The number of nitrogens with one attached hydrogen (secondary N) is 2. The van der Waals surface area contributed by atoms with E-state index in [9.17, 15) is 9.90 Å². The predicted octanol–water partition coefficient (Wildman–Crippen LogP) is 2.47. The van der Waals surface area contributed by atoms with E-state index in [2.05, 4.69) is 10.6 Å². The number of amides is 1. The highest BCUT2D eigenvalue weighted by Gasteiger charge is 2.29. The minimum atomic E-state index is -0.140. The molecule has 0 heterocycles. The molecule has 1 saturated carbocycles. The molecule has 104 valence electrons. The molecule has 1 aliphatic carbocycles. The van der Waals surface area contributed by atoms with Crippen molar-refractivity contribution in [3.05, 3.63) is 24.3 Å². The van der Waals surface area contributed by atoms with Crippen LogP contribution in [0.4, 0.5) is 11.4 Å². The third-order valence-electron chi connectivity index (χ3n) is 3.30. The molecular formula is C15H22N2O2. The van der Waals surface area contributed by atoms with Crippen molar-refractivity contribution in [1.29, 1.82) is 0 Å². The number of hydrogen-bond donors (Lipinski definition) is 3. The third kappa shape index (κ3) is 4.24. The smallest absolute Gasteiger partial charge is 0.227 e. The van der Waals surface area contributed by atoms with Crippen molar-refractivity contribution in [1.82, 2.24) is 0 Å². The fraction of sp³-hybridized carbons (Fsp3) is 0.533. The first-order valence-electron chi connectivity index (χ1n) is 6.76. The lowest BCUT2D eigenvalue weighted by atomic mass is 9.95. The van der Waals surface area contributed by atoms with Crippen LogP contribution in [-0.2, 0) is 4.79 Å². The molecule has 1 aromatic carbocycles. The van der Waals surface area contributed by atoms with E-state index in [0.29, 0.717) is 6.54 Å². The van der Waals surface area contributed by atoms with Crippen LogP contribution in [0.3, 0.4) is 0 Å². The van der Waals surface area contributed by atoms with Gasteiger partial charge in [-0.2, -0.15) is 0 Å². The zero-order valence-electron chi connectivity index (χ0n) is 11.6. The van der Waals surface area contributed by atoms with E-state index in [0.717, 1.165) is 24.2 Å². The number of rotatable bonds is 6. The summed E-state index contributed by atoms with van der Waals surface area (Å²) in [6, 6.07) is 7.68. The second-order valence-corrected chi connectivity index (χ2v) is 6.02. The monoisotopic (exact) mass is 262 g/mol. The lowest BCUT2D eigenvalue weighted by molar-refractivity contribution is -0.117. The molecule has 4 heteroatoms. The highest BCUT2D eigenvalue weighted by atomic mass is 16.3. The Balaban J connectivity index is 1.85. The summed E-state index contributed by atoms with van der Waals surface area (Å²) in [5.41, 5.74) is 1.69. The van der Waals surface area contributed by atoms with Crippen molar-refractivity contribution in [3.8, 4) is 0 Å². The van der Waals surface area contributed by atoms with Crippen molar-refractivity contribution in [3.63, 3.8) is 0 Å². The van der Waals surface area contributed by atoms with Gasteiger partial charge in [0.15, 0.2) is 0 Å². The van der Waals surface area contributed by atoms with Gasteiger partial charge in [0.05, 0.1) is 0 Å². The maximum atomic E-state index is 11.6. The van der Waals surface area contributed by atoms with Gasteiger partial charge in [-0.3, -0.25) is 4.79 Å². The summed E-state index contributed by atoms with van der Waals surface area (Å²) in [6.07, 6.45) is 2.03. The fourth-order valence-electron chi connectivity index (χ4n) is 1.66. The van der Waals surface area contributed by atoms with Gasteiger partial charge in [-0.25, -0.2) is 0 Å². The number of hydrogen-bond acceptors (Lipinski definition) is 3. The summed E-state index contributed by atoms with van der Waals surface area (Å²) >= 11 is 0. The Morgan fingerprint density at radius 2 is 1.84 bits per heavy atom. The van der Waals surface area contributed by atoms with Gasteiger partial charge in [0.1, 0.15) is 0 Å². The lowest BCUT2D eigenvalue weighted by Gasteiger charge is -2.22. The molecule has 4 nitrogen and oxygen atoms in total. The van der Waals surface area contributed by atoms with E-state index < -0.39 is 0 Å². The molecular weight excluding hydrogens is 240 g/mol. The van der Waals surface area contributed by atoms with Crippen LogP contribution in [0, 0.1) is 11.3 Å². The summed E-state index contributed by atoms with van der Waals surface area (Å²) in [5, 5.41) is 15.4. The molecule has 0 atom stereocenters. The zero-order chi connectivity index (χ0) is 13.9.